The average molecular weight is 323 g/mol. The molecule has 0 N–H and O–H groups in total. The topological polar surface area (TPSA) is 76.4 Å². The van der Waals surface area contributed by atoms with Crippen molar-refractivity contribution in [1.82, 2.24) is 0 Å². The van der Waals surface area contributed by atoms with Crippen molar-refractivity contribution in [3.8, 4) is 11.8 Å². The lowest BCUT2D eigenvalue weighted by Crippen LogP contribution is -2.11. The van der Waals surface area contributed by atoms with Gasteiger partial charge in [0.05, 0.1) is 29.4 Å². The second-order valence-electron chi connectivity index (χ2n) is 5.60. The van der Waals surface area contributed by atoms with E-state index in [2.05, 4.69) is 0 Å². The van der Waals surface area contributed by atoms with Crippen LogP contribution in [0.4, 0.5) is 0 Å². The highest BCUT2D eigenvalue weighted by molar-refractivity contribution is 5.94. The van der Waals surface area contributed by atoms with Crippen molar-refractivity contribution >= 4 is 11.9 Å². The molecule has 0 saturated carbocycles. The maximum Gasteiger partial charge on any atom is 0.343 e. The molecule has 24 heavy (non-hydrogen) atoms. The molecule has 0 heterocycles. The van der Waals surface area contributed by atoms with Crippen LogP contribution in [0.1, 0.15) is 40.1 Å². The summed E-state index contributed by atoms with van der Waals surface area (Å²) in [4.78, 5) is 23.9. The van der Waals surface area contributed by atoms with Crippen molar-refractivity contribution in [3.05, 3.63) is 65.2 Å². The van der Waals surface area contributed by atoms with E-state index in [1.54, 1.807) is 24.3 Å². The Hall–Kier alpha value is -3.13. The summed E-state index contributed by atoms with van der Waals surface area (Å²) in [6, 6.07) is 14.3. The van der Waals surface area contributed by atoms with E-state index in [1.807, 2.05) is 19.9 Å². The molecule has 0 aliphatic carbocycles. The van der Waals surface area contributed by atoms with Gasteiger partial charge in [-0.3, -0.25) is 0 Å². The zero-order valence-corrected chi connectivity index (χ0v) is 13.5. The van der Waals surface area contributed by atoms with Crippen LogP contribution in [0.2, 0.25) is 0 Å². The number of nitriles is 1. The number of ether oxygens (including phenoxy) is 2. The Morgan fingerprint density at radius 3 is 2.00 bits per heavy atom. The third kappa shape index (κ3) is 4.68. The van der Waals surface area contributed by atoms with Crippen LogP contribution in [-0.4, -0.2) is 18.5 Å². The van der Waals surface area contributed by atoms with Gasteiger partial charge in [0.25, 0.3) is 0 Å². The molecule has 5 nitrogen and oxygen atoms in total. The van der Waals surface area contributed by atoms with Gasteiger partial charge >= 0.3 is 11.9 Å². The van der Waals surface area contributed by atoms with Gasteiger partial charge in [0, 0.05) is 0 Å². The zero-order chi connectivity index (χ0) is 17.5. The third-order valence-corrected chi connectivity index (χ3v) is 3.10. The van der Waals surface area contributed by atoms with Crippen LogP contribution >= 0.6 is 0 Å². The van der Waals surface area contributed by atoms with E-state index >= 15 is 0 Å². The number of esters is 2. The van der Waals surface area contributed by atoms with E-state index in [1.165, 1.54) is 24.3 Å². The number of carbonyl (C=O) groups is 2. The van der Waals surface area contributed by atoms with Gasteiger partial charge in [0.15, 0.2) is 0 Å². The fraction of sp³-hybridized carbons (Fsp3) is 0.211. The first-order valence-corrected chi connectivity index (χ1v) is 7.49. The van der Waals surface area contributed by atoms with Crippen molar-refractivity contribution in [2.45, 2.75) is 13.8 Å². The Bertz CT molecular complexity index is 755. The van der Waals surface area contributed by atoms with Crippen molar-refractivity contribution in [3.63, 3.8) is 0 Å². The number of nitrogens with zero attached hydrogens (tertiary/aromatic N) is 1. The van der Waals surface area contributed by atoms with Crippen LogP contribution < -0.4 is 4.74 Å². The first-order chi connectivity index (χ1) is 11.5. The van der Waals surface area contributed by atoms with Crippen LogP contribution in [0.15, 0.2) is 48.5 Å². The fourth-order valence-electron chi connectivity index (χ4n) is 1.83. The Kier molecular flexibility index (Phi) is 5.69. The molecule has 2 aromatic carbocycles. The lowest BCUT2D eigenvalue weighted by molar-refractivity contribution is 0.0458. The van der Waals surface area contributed by atoms with Gasteiger partial charge in [-0.15, -0.1) is 0 Å². The molecule has 0 fully saturated rings. The van der Waals surface area contributed by atoms with Crippen LogP contribution in [0, 0.1) is 17.2 Å². The minimum atomic E-state index is -0.540. The summed E-state index contributed by atoms with van der Waals surface area (Å²) >= 11 is 0. The zero-order valence-electron chi connectivity index (χ0n) is 13.5. The maximum absolute atomic E-state index is 12.1. The first-order valence-electron chi connectivity index (χ1n) is 7.49. The van der Waals surface area contributed by atoms with Crippen LogP contribution in [-0.2, 0) is 4.74 Å². The normalized spacial score (nSPS) is 10.1. The number of hydrogen-bond acceptors (Lipinski definition) is 5. The van der Waals surface area contributed by atoms with E-state index in [9.17, 15) is 9.59 Å². The maximum atomic E-state index is 12.1. The largest absolute Gasteiger partial charge is 0.462 e. The van der Waals surface area contributed by atoms with E-state index in [-0.39, 0.29) is 5.92 Å². The molecule has 0 spiro atoms. The number of rotatable bonds is 5. The monoisotopic (exact) mass is 323 g/mol. The van der Waals surface area contributed by atoms with Gasteiger partial charge in [0.2, 0.25) is 0 Å². The van der Waals surface area contributed by atoms with Gasteiger partial charge in [-0.2, -0.15) is 5.26 Å². The molecule has 0 saturated heterocycles. The summed E-state index contributed by atoms with van der Waals surface area (Å²) in [6.45, 7) is 4.26. The van der Waals surface area contributed by atoms with E-state index in [0.29, 0.717) is 29.0 Å². The van der Waals surface area contributed by atoms with Gasteiger partial charge in [-0.05, 0) is 54.4 Å². The lowest BCUT2D eigenvalue weighted by atomic mass is 10.1. The summed E-state index contributed by atoms with van der Waals surface area (Å²) in [5.74, 6) is -0.354. The highest BCUT2D eigenvalue weighted by atomic mass is 16.5. The fourth-order valence-corrected chi connectivity index (χ4v) is 1.83. The molecular weight excluding hydrogens is 306 g/mol. The minimum Gasteiger partial charge on any atom is -0.462 e. The number of benzene rings is 2. The van der Waals surface area contributed by atoms with E-state index in [4.69, 9.17) is 14.7 Å². The van der Waals surface area contributed by atoms with Crippen molar-refractivity contribution in [2.24, 2.45) is 5.92 Å². The molecule has 0 atom stereocenters. The van der Waals surface area contributed by atoms with Crippen LogP contribution in [0.25, 0.3) is 0 Å². The molecule has 0 bridgehead atoms. The average Bonchev–Trinajstić information content (AvgIpc) is 2.60. The Morgan fingerprint density at radius 1 is 0.958 bits per heavy atom. The van der Waals surface area contributed by atoms with Gasteiger partial charge in [-0.1, -0.05) is 13.8 Å². The molecular formula is C19H17NO4. The van der Waals surface area contributed by atoms with Crippen LogP contribution in [0.5, 0.6) is 5.75 Å². The Balaban J connectivity index is 2.00. The molecule has 0 radical (unpaired) electrons. The number of hydrogen-bond donors (Lipinski definition) is 0. The predicted octanol–water partition coefficient (Wildman–Crippen LogP) is 3.59. The highest BCUT2D eigenvalue weighted by Gasteiger charge is 2.12. The van der Waals surface area contributed by atoms with Gasteiger partial charge < -0.3 is 9.47 Å². The second kappa shape index (κ2) is 7.93. The second-order valence-corrected chi connectivity index (χ2v) is 5.60. The first kappa shape index (κ1) is 17.2. The molecule has 0 aliphatic heterocycles. The van der Waals surface area contributed by atoms with Crippen molar-refractivity contribution < 1.29 is 19.1 Å². The molecule has 2 rings (SSSR count). The van der Waals surface area contributed by atoms with Crippen molar-refractivity contribution in [1.29, 1.82) is 5.26 Å². The third-order valence-electron chi connectivity index (χ3n) is 3.10. The predicted molar refractivity (Wildman–Crippen MR) is 87.7 cm³/mol. The van der Waals surface area contributed by atoms with E-state index < -0.39 is 11.9 Å². The van der Waals surface area contributed by atoms with Crippen LogP contribution in [0.3, 0.4) is 0 Å². The quantitative estimate of drug-likeness (QED) is 0.621. The standard InChI is InChI=1S/C19H17NO4/c1-13(2)12-23-18(21)15-5-7-16(8-6-15)19(22)24-17-9-3-14(11-20)4-10-17/h3-10,13H,12H2,1-2H3. The summed E-state index contributed by atoms with van der Waals surface area (Å²) < 4.78 is 10.3. The molecule has 0 amide bonds. The SMILES string of the molecule is CC(C)COC(=O)c1ccc(C(=O)Oc2ccc(C#N)cc2)cc1. The highest BCUT2D eigenvalue weighted by Crippen LogP contribution is 2.15. The summed E-state index contributed by atoms with van der Waals surface area (Å²) in [5.41, 5.74) is 1.18. The minimum absolute atomic E-state index is 0.260. The smallest absolute Gasteiger partial charge is 0.343 e. The molecule has 0 unspecified atom stereocenters. The molecule has 5 heteroatoms. The molecule has 2 aromatic rings. The van der Waals surface area contributed by atoms with Crippen molar-refractivity contribution in [2.75, 3.05) is 6.61 Å². The Morgan fingerprint density at radius 2 is 1.50 bits per heavy atom. The molecule has 0 aliphatic rings. The molecule has 122 valence electrons. The van der Waals surface area contributed by atoms with Gasteiger partial charge in [0.1, 0.15) is 5.75 Å². The Labute approximate surface area is 140 Å². The molecule has 0 aromatic heterocycles. The van der Waals surface area contributed by atoms with Gasteiger partial charge in [-0.25, -0.2) is 9.59 Å². The summed E-state index contributed by atoms with van der Waals surface area (Å²) in [7, 11) is 0. The van der Waals surface area contributed by atoms with E-state index in [0.717, 1.165) is 0 Å². The number of carbonyl (C=O) groups excluding carboxylic acids is 2. The summed E-state index contributed by atoms with van der Waals surface area (Å²) in [6.07, 6.45) is 0. The summed E-state index contributed by atoms with van der Waals surface area (Å²) in [5, 5.41) is 8.73. The lowest BCUT2D eigenvalue weighted by Gasteiger charge is -2.08.